The van der Waals surface area contributed by atoms with Gasteiger partial charge in [-0.25, -0.2) is 0 Å². The Balaban J connectivity index is 1.77. The second kappa shape index (κ2) is 13.4. The van der Waals surface area contributed by atoms with E-state index in [-0.39, 0.29) is 0 Å². The van der Waals surface area contributed by atoms with Gasteiger partial charge in [0.15, 0.2) is 0 Å². The van der Waals surface area contributed by atoms with Gasteiger partial charge in [-0.15, -0.1) is 0 Å². The highest BCUT2D eigenvalue weighted by atomic mass is 14.5. The van der Waals surface area contributed by atoms with E-state index in [4.69, 9.17) is 22.9 Å². The van der Waals surface area contributed by atoms with Crippen LogP contribution in [-0.4, -0.2) is 26.2 Å². The third-order valence-corrected chi connectivity index (χ3v) is 5.42. The fraction of sp³-hybridized carbons (Fsp3) is 0.267. The van der Waals surface area contributed by atoms with Crippen molar-refractivity contribution in [2.45, 2.75) is 25.7 Å². The Morgan fingerprint density at radius 2 is 0.647 bits per heavy atom. The predicted octanol–water partition coefficient (Wildman–Crippen LogP) is 2.49. The van der Waals surface area contributed by atoms with Gasteiger partial charge in [0.2, 0.25) is 0 Å². The van der Waals surface area contributed by atoms with E-state index in [1.165, 1.54) is 22.3 Å². The molecule has 0 amide bonds. The van der Waals surface area contributed by atoms with Crippen LogP contribution in [0.25, 0.3) is 0 Å². The van der Waals surface area contributed by atoms with Crippen molar-refractivity contribution in [2.75, 3.05) is 26.2 Å². The molecule has 0 spiro atoms. The zero-order chi connectivity index (χ0) is 24.2. The Bertz CT molecular complexity index is 1060. The summed E-state index contributed by atoms with van der Waals surface area (Å²) in [5, 5.41) is 0. The summed E-state index contributed by atoms with van der Waals surface area (Å²) in [6.07, 6.45) is 3.35. The maximum absolute atomic E-state index is 5.74. The lowest BCUT2D eigenvalue weighted by atomic mass is 10.0. The minimum Gasteiger partial charge on any atom is -0.330 e. The molecule has 4 heteroatoms. The molecule has 0 bridgehead atoms. The molecule has 8 N–H and O–H groups in total. The van der Waals surface area contributed by atoms with Crippen LogP contribution in [0.1, 0.15) is 44.5 Å². The molecule has 4 nitrogen and oxygen atoms in total. The third-order valence-electron chi connectivity index (χ3n) is 5.42. The largest absolute Gasteiger partial charge is 0.330 e. The summed E-state index contributed by atoms with van der Waals surface area (Å²) in [5.74, 6) is 13.1. The normalized spacial score (nSPS) is 10.2. The first-order chi connectivity index (χ1) is 16.6. The lowest BCUT2D eigenvalue weighted by Gasteiger charge is -2.05. The van der Waals surface area contributed by atoms with E-state index in [1.807, 2.05) is 24.3 Å². The van der Waals surface area contributed by atoms with Crippen molar-refractivity contribution >= 4 is 0 Å². The van der Waals surface area contributed by atoms with Crippen LogP contribution in [0.4, 0.5) is 0 Å². The van der Waals surface area contributed by atoms with Crippen molar-refractivity contribution < 1.29 is 0 Å². The van der Waals surface area contributed by atoms with Crippen molar-refractivity contribution in [3.63, 3.8) is 0 Å². The maximum atomic E-state index is 5.74. The molecule has 0 aliphatic heterocycles. The van der Waals surface area contributed by atoms with E-state index in [0.29, 0.717) is 26.2 Å². The van der Waals surface area contributed by atoms with E-state index < -0.39 is 0 Å². The van der Waals surface area contributed by atoms with E-state index in [1.54, 1.807) is 0 Å². The molecule has 3 aromatic carbocycles. The van der Waals surface area contributed by atoms with E-state index >= 15 is 0 Å². The Labute approximate surface area is 203 Å². The summed E-state index contributed by atoms with van der Waals surface area (Å²) < 4.78 is 0. The molecule has 0 fully saturated rings. The number of nitrogens with two attached hydrogens (primary N) is 4. The zero-order valence-corrected chi connectivity index (χ0v) is 19.7. The molecular formula is C30H34N4. The van der Waals surface area contributed by atoms with Crippen molar-refractivity contribution in [1.82, 2.24) is 0 Å². The van der Waals surface area contributed by atoms with Crippen molar-refractivity contribution in [3.05, 3.63) is 105 Å². The lowest BCUT2D eigenvalue weighted by Crippen LogP contribution is -2.06. The van der Waals surface area contributed by atoms with E-state index in [9.17, 15) is 0 Å². The molecule has 0 aliphatic rings. The smallest absolute Gasteiger partial charge is 0.0254 e. The third kappa shape index (κ3) is 7.89. The Kier molecular flexibility index (Phi) is 9.92. The highest BCUT2D eigenvalue weighted by Gasteiger charge is 2.01. The van der Waals surface area contributed by atoms with Gasteiger partial charge in [-0.2, -0.15) is 0 Å². The van der Waals surface area contributed by atoms with Crippen LogP contribution >= 0.6 is 0 Å². The monoisotopic (exact) mass is 450 g/mol. The second-order valence-electron chi connectivity index (χ2n) is 8.31. The summed E-state index contributed by atoms with van der Waals surface area (Å²) in [6, 6.07) is 20.8. The minimum absolute atomic E-state index is 0.618. The van der Waals surface area contributed by atoms with E-state index in [0.717, 1.165) is 47.9 Å². The summed E-state index contributed by atoms with van der Waals surface area (Å²) in [7, 11) is 0. The van der Waals surface area contributed by atoms with Gasteiger partial charge >= 0.3 is 0 Å². The summed E-state index contributed by atoms with van der Waals surface area (Å²) >= 11 is 0. The Morgan fingerprint density at radius 3 is 0.912 bits per heavy atom. The predicted molar refractivity (Wildman–Crippen MR) is 142 cm³/mol. The molecular weight excluding hydrogens is 416 g/mol. The average molecular weight is 451 g/mol. The molecule has 3 rings (SSSR count). The first kappa shape index (κ1) is 25.2. The highest BCUT2D eigenvalue weighted by molar-refractivity contribution is 5.50. The maximum Gasteiger partial charge on any atom is 0.0254 e. The van der Waals surface area contributed by atoms with Gasteiger partial charge in [0.05, 0.1) is 0 Å². The minimum atomic E-state index is 0.618. The Morgan fingerprint density at radius 1 is 0.382 bits per heavy atom. The molecule has 0 heterocycles. The van der Waals surface area contributed by atoms with Crippen LogP contribution in [0, 0.1) is 23.7 Å². The van der Waals surface area contributed by atoms with Crippen LogP contribution in [0.3, 0.4) is 0 Å². The number of rotatable bonds is 8. The molecule has 0 saturated heterocycles. The van der Waals surface area contributed by atoms with Gasteiger partial charge in [-0.1, -0.05) is 35.8 Å². The molecule has 0 radical (unpaired) electrons. The quantitative estimate of drug-likeness (QED) is 0.396. The number of benzene rings is 3. The van der Waals surface area contributed by atoms with Crippen LogP contribution in [0.15, 0.2) is 60.7 Å². The molecule has 0 saturated carbocycles. The molecule has 0 unspecified atom stereocenters. The molecule has 0 aliphatic carbocycles. The van der Waals surface area contributed by atoms with Crippen LogP contribution in [0.2, 0.25) is 0 Å². The van der Waals surface area contributed by atoms with Crippen molar-refractivity contribution in [2.24, 2.45) is 22.9 Å². The SMILES string of the molecule is NCCc1cc(C#Cc2ccc(C#Cc3cc(CCN)cc(CCN)c3)cc2)cc(CCN)c1. The average Bonchev–Trinajstić information content (AvgIpc) is 2.83. The highest BCUT2D eigenvalue weighted by Crippen LogP contribution is 2.13. The second-order valence-corrected chi connectivity index (χ2v) is 8.31. The standard InChI is InChI=1S/C30H34N4/c31-13-9-27-17-25(18-28(21-27)10-14-32)7-5-23-1-2-24(4-3-23)6-8-26-19-29(11-15-33)22-30(20-26)12-16-34/h1-4,17-22H,9-16,31-34H2. The molecule has 0 atom stereocenters. The molecule has 0 aromatic heterocycles. The number of hydrogen-bond donors (Lipinski definition) is 4. The van der Waals surface area contributed by atoms with E-state index in [2.05, 4.69) is 60.1 Å². The molecule has 34 heavy (non-hydrogen) atoms. The van der Waals surface area contributed by atoms with Gasteiger partial charge in [-0.05, 0) is 123 Å². The van der Waals surface area contributed by atoms with Crippen molar-refractivity contribution in [3.8, 4) is 23.7 Å². The summed E-state index contributed by atoms with van der Waals surface area (Å²) in [4.78, 5) is 0. The number of hydrogen-bond acceptors (Lipinski definition) is 4. The first-order valence-electron chi connectivity index (χ1n) is 11.8. The van der Waals surface area contributed by atoms with Gasteiger partial charge < -0.3 is 22.9 Å². The summed E-state index contributed by atoms with van der Waals surface area (Å²) in [6.45, 7) is 2.47. The van der Waals surface area contributed by atoms with Crippen molar-refractivity contribution in [1.29, 1.82) is 0 Å². The molecule has 3 aromatic rings. The van der Waals surface area contributed by atoms with Crippen LogP contribution in [-0.2, 0) is 25.7 Å². The zero-order valence-electron chi connectivity index (χ0n) is 19.7. The lowest BCUT2D eigenvalue weighted by molar-refractivity contribution is 0.939. The fourth-order valence-corrected chi connectivity index (χ4v) is 3.84. The van der Waals surface area contributed by atoms with Crippen LogP contribution in [0.5, 0.6) is 0 Å². The molecule has 174 valence electrons. The van der Waals surface area contributed by atoms with Gasteiger partial charge in [0, 0.05) is 22.3 Å². The topological polar surface area (TPSA) is 104 Å². The van der Waals surface area contributed by atoms with Gasteiger partial charge in [-0.3, -0.25) is 0 Å². The fourth-order valence-electron chi connectivity index (χ4n) is 3.84. The van der Waals surface area contributed by atoms with Gasteiger partial charge in [0.25, 0.3) is 0 Å². The Hall–Kier alpha value is -3.38. The summed E-state index contributed by atoms with van der Waals surface area (Å²) in [5.41, 5.74) is 31.6. The first-order valence-corrected chi connectivity index (χ1v) is 11.8. The van der Waals surface area contributed by atoms with Crippen LogP contribution < -0.4 is 22.9 Å². The van der Waals surface area contributed by atoms with Gasteiger partial charge in [0.1, 0.15) is 0 Å².